The predicted octanol–water partition coefficient (Wildman–Crippen LogP) is 3.14. The molecule has 0 aromatic heterocycles. The summed E-state index contributed by atoms with van der Waals surface area (Å²) in [6.07, 6.45) is 0.0235. The molecule has 2 amide bonds. The summed E-state index contributed by atoms with van der Waals surface area (Å²) in [7, 11) is 0. The number of hydrogen-bond acceptors (Lipinski definition) is 3. The van der Waals surface area contributed by atoms with Crippen LogP contribution in [0.15, 0.2) is 42.5 Å². The minimum Gasteiger partial charge on any atom is -0.486 e. The second-order valence-electron chi connectivity index (χ2n) is 5.88. The number of aliphatic hydroxyl groups excluding tert-OH is 1. The maximum atomic E-state index is 14.1. The lowest BCUT2D eigenvalue weighted by Crippen LogP contribution is -2.33. The lowest BCUT2D eigenvalue weighted by Gasteiger charge is -2.17. The number of ether oxygens (including phenoxy) is 1. The first-order chi connectivity index (χ1) is 12.0. The topological polar surface area (TPSA) is 61.8 Å². The molecule has 0 radical (unpaired) electrons. The average molecular weight is 348 g/mol. The average Bonchev–Trinajstić information content (AvgIpc) is 3.01. The number of benzene rings is 2. The van der Waals surface area contributed by atoms with E-state index in [4.69, 9.17) is 4.74 Å². The summed E-state index contributed by atoms with van der Waals surface area (Å²) >= 11 is 0. The van der Waals surface area contributed by atoms with E-state index in [0.717, 1.165) is 6.07 Å². The fourth-order valence-electron chi connectivity index (χ4n) is 2.61. The Labute approximate surface area is 143 Å². The summed E-state index contributed by atoms with van der Waals surface area (Å²) < 4.78 is 32.6. The number of likely N-dealkylation sites (tertiary alicyclic amines) is 1. The first kappa shape index (κ1) is 17.2. The van der Waals surface area contributed by atoms with Crippen LogP contribution in [0.2, 0.25) is 0 Å². The van der Waals surface area contributed by atoms with Crippen molar-refractivity contribution in [1.29, 1.82) is 0 Å². The van der Waals surface area contributed by atoms with Gasteiger partial charge in [0.25, 0.3) is 0 Å². The van der Waals surface area contributed by atoms with E-state index >= 15 is 0 Å². The van der Waals surface area contributed by atoms with Gasteiger partial charge in [0, 0.05) is 24.8 Å². The number of amides is 2. The van der Waals surface area contributed by atoms with Gasteiger partial charge in [-0.15, -0.1) is 0 Å². The van der Waals surface area contributed by atoms with Crippen molar-refractivity contribution >= 4 is 11.7 Å². The fraction of sp³-hybridized carbons (Fsp3) is 0.278. The summed E-state index contributed by atoms with van der Waals surface area (Å²) in [6, 6.07) is 9.57. The molecule has 1 aliphatic heterocycles. The molecule has 25 heavy (non-hydrogen) atoms. The minimum atomic E-state index is -0.629. The Balaban J connectivity index is 1.59. The van der Waals surface area contributed by atoms with Crippen LogP contribution in [-0.2, 0) is 6.61 Å². The molecule has 0 spiro atoms. The van der Waals surface area contributed by atoms with Gasteiger partial charge in [0.05, 0.1) is 6.10 Å². The summed E-state index contributed by atoms with van der Waals surface area (Å²) in [6.45, 7) is 0.763. The normalized spacial score (nSPS) is 16.8. The molecule has 0 saturated carbocycles. The molecule has 132 valence electrons. The maximum absolute atomic E-state index is 14.1. The van der Waals surface area contributed by atoms with Gasteiger partial charge in [0.1, 0.15) is 12.4 Å². The summed E-state index contributed by atoms with van der Waals surface area (Å²) in [5, 5.41) is 12.0. The summed E-state index contributed by atoms with van der Waals surface area (Å²) in [5.74, 6) is -0.999. The van der Waals surface area contributed by atoms with Gasteiger partial charge in [-0.1, -0.05) is 12.1 Å². The van der Waals surface area contributed by atoms with Crippen molar-refractivity contribution in [2.24, 2.45) is 0 Å². The van der Waals surface area contributed by atoms with Crippen LogP contribution in [0.25, 0.3) is 0 Å². The first-order valence-electron chi connectivity index (χ1n) is 7.92. The van der Waals surface area contributed by atoms with Crippen molar-refractivity contribution in [3.05, 3.63) is 59.7 Å². The molecule has 5 nitrogen and oxygen atoms in total. The van der Waals surface area contributed by atoms with Gasteiger partial charge in [0.2, 0.25) is 0 Å². The van der Waals surface area contributed by atoms with Crippen LogP contribution >= 0.6 is 0 Å². The number of nitrogens with zero attached hydrogens (tertiary/aromatic N) is 1. The predicted molar refractivity (Wildman–Crippen MR) is 88.3 cm³/mol. The van der Waals surface area contributed by atoms with Crippen molar-refractivity contribution < 1.29 is 23.4 Å². The van der Waals surface area contributed by atoms with Crippen molar-refractivity contribution in [2.75, 3.05) is 18.4 Å². The Hall–Kier alpha value is -2.67. The van der Waals surface area contributed by atoms with Gasteiger partial charge < -0.3 is 20.1 Å². The summed E-state index contributed by atoms with van der Waals surface area (Å²) in [4.78, 5) is 13.5. The molecule has 7 heteroatoms. The molecule has 1 fully saturated rings. The Kier molecular flexibility index (Phi) is 5.14. The second kappa shape index (κ2) is 7.48. The third-order valence-corrected chi connectivity index (χ3v) is 3.92. The maximum Gasteiger partial charge on any atom is 0.321 e. The van der Waals surface area contributed by atoms with Crippen molar-refractivity contribution in [3.63, 3.8) is 0 Å². The number of β-amino-alcohol motifs (C(OH)–C–C–N with tert-alkyl or cyclic N) is 1. The van der Waals surface area contributed by atoms with Crippen LogP contribution in [-0.4, -0.2) is 35.2 Å². The van der Waals surface area contributed by atoms with Crippen molar-refractivity contribution in [2.45, 2.75) is 19.1 Å². The largest absolute Gasteiger partial charge is 0.486 e. The van der Waals surface area contributed by atoms with Crippen LogP contribution in [0.4, 0.5) is 19.3 Å². The van der Waals surface area contributed by atoms with Crippen LogP contribution in [0, 0.1) is 11.6 Å². The molecule has 2 aromatic rings. The fourth-order valence-corrected chi connectivity index (χ4v) is 2.61. The number of rotatable bonds is 4. The van der Waals surface area contributed by atoms with Gasteiger partial charge in [-0.05, 0) is 36.2 Å². The van der Waals surface area contributed by atoms with Crippen LogP contribution in [0.1, 0.15) is 12.0 Å². The molecule has 1 saturated heterocycles. The van der Waals surface area contributed by atoms with Gasteiger partial charge in [-0.25, -0.2) is 13.6 Å². The second-order valence-corrected chi connectivity index (χ2v) is 5.88. The number of anilines is 1. The van der Waals surface area contributed by atoms with Gasteiger partial charge in [-0.2, -0.15) is 0 Å². The van der Waals surface area contributed by atoms with Crippen molar-refractivity contribution in [3.8, 4) is 5.75 Å². The van der Waals surface area contributed by atoms with E-state index in [9.17, 15) is 18.7 Å². The van der Waals surface area contributed by atoms with E-state index in [1.165, 1.54) is 29.2 Å². The van der Waals surface area contributed by atoms with E-state index in [0.29, 0.717) is 24.2 Å². The van der Waals surface area contributed by atoms with Crippen LogP contribution in [0.3, 0.4) is 0 Å². The highest BCUT2D eigenvalue weighted by Crippen LogP contribution is 2.23. The zero-order valence-corrected chi connectivity index (χ0v) is 13.4. The lowest BCUT2D eigenvalue weighted by molar-refractivity contribution is 0.176. The van der Waals surface area contributed by atoms with Crippen molar-refractivity contribution in [1.82, 2.24) is 4.90 Å². The van der Waals surface area contributed by atoms with Crippen LogP contribution < -0.4 is 10.1 Å². The van der Waals surface area contributed by atoms with E-state index < -0.39 is 11.9 Å². The number of halogens is 2. The highest BCUT2D eigenvalue weighted by atomic mass is 19.1. The van der Waals surface area contributed by atoms with E-state index in [1.54, 1.807) is 12.1 Å². The Morgan fingerprint density at radius 2 is 2.12 bits per heavy atom. The zero-order valence-electron chi connectivity index (χ0n) is 13.4. The van der Waals surface area contributed by atoms with Gasteiger partial charge in [0.15, 0.2) is 11.6 Å². The minimum absolute atomic E-state index is 0.0128. The standard InChI is InChI=1S/C18H18F2N2O3/c19-13-3-1-2-12(8-13)11-25-17-5-4-14(9-16(17)20)21-18(24)22-7-6-15(23)10-22/h1-5,8-9,15,23H,6-7,10-11H2,(H,21,24)/t15-/m1/s1. The Morgan fingerprint density at radius 3 is 2.80 bits per heavy atom. The van der Waals surface area contributed by atoms with E-state index in [2.05, 4.69) is 5.32 Å². The zero-order chi connectivity index (χ0) is 17.8. The number of carbonyl (C=O) groups is 1. The molecule has 0 unspecified atom stereocenters. The highest BCUT2D eigenvalue weighted by molar-refractivity contribution is 5.89. The molecule has 0 bridgehead atoms. The Morgan fingerprint density at radius 1 is 1.28 bits per heavy atom. The summed E-state index contributed by atoms with van der Waals surface area (Å²) in [5.41, 5.74) is 0.881. The number of nitrogens with one attached hydrogen (secondary N) is 1. The lowest BCUT2D eigenvalue weighted by atomic mass is 10.2. The van der Waals surface area contributed by atoms with Gasteiger partial charge in [-0.3, -0.25) is 0 Å². The van der Waals surface area contributed by atoms with Crippen LogP contribution in [0.5, 0.6) is 5.75 Å². The number of aliphatic hydroxyl groups is 1. The number of hydrogen-bond donors (Lipinski definition) is 2. The SMILES string of the molecule is O=C(Nc1ccc(OCc2cccc(F)c2)c(F)c1)N1CC[C@@H](O)C1. The third-order valence-electron chi connectivity index (χ3n) is 3.92. The first-order valence-corrected chi connectivity index (χ1v) is 7.92. The molecule has 1 aliphatic rings. The quantitative estimate of drug-likeness (QED) is 0.892. The molecule has 1 atom stereocenters. The third kappa shape index (κ3) is 4.45. The molecule has 3 rings (SSSR count). The highest BCUT2D eigenvalue weighted by Gasteiger charge is 2.24. The Bertz CT molecular complexity index is 770. The van der Waals surface area contributed by atoms with E-state index in [1.807, 2.05) is 0 Å². The number of carbonyl (C=O) groups excluding carboxylic acids is 1. The van der Waals surface area contributed by atoms with Gasteiger partial charge >= 0.3 is 6.03 Å². The monoisotopic (exact) mass is 348 g/mol. The molecular formula is C18H18F2N2O3. The molecule has 2 aromatic carbocycles. The molecular weight excluding hydrogens is 330 g/mol. The smallest absolute Gasteiger partial charge is 0.321 e. The number of urea groups is 1. The van der Waals surface area contributed by atoms with E-state index in [-0.39, 0.29) is 30.7 Å². The molecule has 2 N–H and O–H groups in total. The molecule has 1 heterocycles. The molecule has 0 aliphatic carbocycles.